The Morgan fingerprint density at radius 3 is 2.77 bits per heavy atom. The van der Waals surface area contributed by atoms with Gasteiger partial charge in [0.15, 0.2) is 0 Å². The summed E-state index contributed by atoms with van der Waals surface area (Å²) in [5.74, 6) is 0.629. The van der Waals surface area contributed by atoms with E-state index in [2.05, 4.69) is 32.9 Å². The monoisotopic (exact) mass is 249 g/mol. The molecule has 0 aliphatic heterocycles. The van der Waals surface area contributed by atoms with Gasteiger partial charge < -0.3 is 10.1 Å². The molecule has 0 bridgehead atoms. The summed E-state index contributed by atoms with van der Waals surface area (Å²) in [6, 6.07) is 0.597. The van der Waals surface area contributed by atoms with Crippen molar-refractivity contribution in [2.24, 2.45) is 5.92 Å². The van der Waals surface area contributed by atoms with Crippen LogP contribution in [0.4, 0.5) is 0 Å². The Morgan fingerprint density at radius 2 is 2.31 bits per heavy atom. The molecule has 0 heterocycles. The third kappa shape index (κ3) is 3.27. The lowest BCUT2D eigenvalue weighted by Gasteiger charge is -2.33. The molecule has 76 valence electrons. The largest absolute Gasteiger partial charge is 0.468 e. The van der Waals surface area contributed by atoms with Gasteiger partial charge in [0.2, 0.25) is 0 Å². The molecule has 0 radical (unpaired) electrons. The maximum Gasteiger partial charge on any atom is 0.320 e. The number of methoxy groups -OCH3 is 1. The Labute approximate surface area is 87.3 Å². The summed E-state index contributed by atoms with van der Waals surface area (Å²) < 4.78 is 4.59. The number of carbonyl (C=O) groups is 1. The zero-order chi connectivity index (χ0) is 9.84. The summed E-state index contributed by atoms with van der Waals surface area (Å²) >= 11 is 3.26. The second-order valence-electron chi connectivity index (χ2n) is 3.67. The Hall–Kier alpha value is -0.0900. The van der Waals surface area contributed by atoms with Crippen LogP contribution in [0.25, 0.3) is 0 Å². The third-order valence-corrected chi connectivity index (χ3v) is 3.11. The first-order valence-corrected chi connectivity index (χ1v) is 5.50. The second-order valence-corrected chi connectivity index (χ2v) is 4.78. The number of esters is 1. The molecule has 0 amide bonds. The van der Waals surface area contributed by atoms with E-state index in [1.807, 2.05) is 0 Å². The van der Waals surface area contributed by atoms with Gasteiger partial charge in [-0.05, 0) is 18.8 Å². The minimum Gasteiger partial charge on any atom is -0.468 e. The van der Waals surface area contributed by atoms with Crippen LogP contribution in [0.1, 0.15) is 19.8 Å². The number of alkyl halides is 1. The molecule has 0 aromatic heterocycles. The molecule has 0 aromatic carbocycles. The van der Waals surface area contributed by atoms with Crippen molar-refractivity contribution in [2.45, 2.75) is 30.6 Å². The van der Waals surface area contributed by atoms with Crippen molar-refractivity contribution < 1.29 is 9.53 Å². The number of ether oxygens (including phenoxy) is 1. The average Bonchev–Trinajstić information content (AvgIpc) is 2.08. The molecule has 1 N–H and O–H groups in total. The fourth-order valence-corrected chi connectivity index (χ4v) is 1.92. The van der Waals surface area contributed by atoms with Gasteiger partial charge in [-0.2, -0.15) is 0 Å². The lowest BCUT2D eigenvalue weighted by Crippen LogP contribution is -2.43. The summed E-state index contributed by atoms with van der Waals surface area (Å²) in [5, 5.41) is 3.32. The van der Waals surface area contributed by atoms with Crippen molar-refractivity contribution in [3.05, 3.63) is 0 Å². The summed E-state index contributed by atoms with van der Waals surface area (Å²) in [6.45, 7) is 2.90. The number of carbonyl (C=O) groups excluding carboxylic acids is 1. The van der Waals surface area contributed by atoms with E-state index in [4.69, 9.17) is 0 Å². The molecule has 1 aliphatic carbocycles. The summed E-state index contributed by atoms with van der Waals surface area (Å²) in [7, 11) is 1.40. The standard InChI is InChI=1S/C9H16BrNO2/c1-6-3-7(4-6)11-5-8(10)9(12)13-2/h6-8,11H,3-5H2,1-2H3. The zero-order valence-electron chi connectivity index (χ0n) is 8.05. The molecule has 1 aliphatic rings. The molecule has 1 rings (SSSR count). The van der Waals surface area contributed by atoms with Gasteiger partial charge in [0.25, 0.3) is 0 Å². The van der Waals surface area contributed by atoms with Crippen molar-refractivity contribution in [3.8, 4) is 0 Å². The highest BCUT2D eigenvalue weighted by Gasteiger charge is 2.26. The maximum absolute atomic E-state index is 11.0. The lowest BCUT2D eigenvalue weighted by molar-refractivity contribution is -0.139. The van der Waals surface area contributed by atoms with Gasteiger partial charge >= 0.3 is 5.97 Å². The molecule has 13 heavy (non-hydrogen) atoms. The highest BCUT2D eigenvalue weighted by molar-refractivity contribution is 9.10. The number of nitrogens with one attached hydrogen (secondary N) is 1. The molecular formula is C9H16BrNO2. The number of rotatable bonds is 4. The number of halogens is 1. The Kier molecular flexibility index (Phi) is 4.19. The van der Waals surface area contributed by atoms with Crippen LogP contribution in [0, 0.1) is 5.92 Å². The zero-order valence-corrected chi connectivity index (χ0v) is 9.63. The van der Waals surface area contributed by atoms with Crippen molar-refractivity contribution >= 4 is 21.9 Å². The second kappa shape index (κ2) is 4.96. The van der Waals surface area contributed by atoms with Gasteiger partial charge in [-0.25, -0.2) is 0 Å². The van der Waals surface area contributed by atoms with Crippen LogP contribution in [0.5, 0.6) is 0 Å². The lowest BCUT2D eigenvalue weighted by atomic mass is 9.82. The van der Waals surface area contributed by atoms with Crippen LogP contribution in [-0.4, -0.2) is 30.5 Å². The first-order chi connectivity index (χ1) is 6.13. The van der Waals surface area contributed by atoms with Crippen LogP contribution < -0.4 is 5.32 Å². The van der Waals surface area contributed by atoms with Crippen molar-refractivity contribution in [3.63, 3.8) is 0 Å². The van der Waals surface area contributed by atoms with Crippen molar-refractivity contribution in [1.29, 1.82) is 0 Å². The predicted octanol–water partition coefficient (Wildman–Crippen LogP) is 1.31. The molecular weight excluding hydrogens is 234 g/mol. The molecule has 4 heteroatoms. The van der Waals surface area contributed by atoms with E-state index >= 15 is 0 Å². The van der Waals surface area contributed by atoms with Gasteiger partial charge in [-0.15, -0.1) is 0 Å². The first-order valence-electron chi connectivity index (χ1n) is 4.58. The summed E-state index contributed by atoms with van der Waals surface area (Å²) in [6.07, 6.45) is 2.45. The highest BCUT2D eigenvalue weighted by atomic mass is 79.9. The Balaban J connectivity index is 2.08. The van der Waals surface area contributed by atoms with E-state index in [-0.39, 0.29) is 10.8 Å². The smallest absolute Gasteiger partial charge is 0.320 e. The minimum absolute atomic E-state index is 0.208. The van der Waals surface area contributed by atoms with Crippen LogP contribution >= 0.6 is 15.9 Å². The quantitative estimate of drug-likeness (QED) is 0.604. The topological polar surface area (TPSA) is 38.3 Å². The Morgan fingerprint density at radius 1 is 1.69 bits per heavy atom. The molecule has 1 fully saturated rings. The van der Waals surface area contributed by atoms with E-state index in [1.165, 1.54) is 20.0 Å². The van der Waals surface area contributed by atoms with E-state index < -0.39 is 0 Å². The van der Waals surface area contributed by atoms with Gasteiger partial charge in [-0.1, -0.05) is 22.9 Å². The Bertz CT molecular complexity index is 180. The minimum atomic E-state index is -0.214. The third-order valence-electron chi connectivity index (χ3n) is 2.42. The molecule has 0 aromatic rings. The van der Waals surface area contributed by atoms with Gasteiger partial charge in [0.05, 0.1) is 7.11 Å². The van der Waals surface area contributed by atoms with E-state index in [9.17, 15) is 4.79 Å². The fraction of sp³-hybridized carbons (Fsp3) is 0.889. The predicted molar refractivity (Wildman–Crippen MR) is 54.9 cm³/mol. The van der Waals surface area contributed by atoms with Crippen LogP contribution in [-0.2, 0) is 9.53 Å². The molecule has 1 saturated carbocycles. The normalized spacial score (nSPS) is 29.2. The van der Waals surface area contributed by atoms with Gasteiger partial charge in [0, 0.05) is 12.6 Å². The van der Waals surface area contributed by atoms with Gasteiger partial charge in [-0.3, -0.25) is 4.79 Å². The summed E-state index contributed by atoms with van der Waals surface area (Å²) in [5.41, 5.74) is 0. The fourth-order valence-electron chi connectivity index (χ4n) is 1.55. The van der Waals surface area contributed by atoms with E-state index in [0.29, 0.717) is 12.6 Å². The number of hydrogen-bond acceptors (Lipinski definition) is 3. The molecule has 3 nitrogen and oxygen atoms in total. The molecule has 1 atom stereocenters. The van der Waals surface area contributed by atoms with Gasteiger partial charge in [0.1, 0.15) is 4.83 Å². The molecule has 1 unspecified atom stereocenters. The van der Waals surface area contributed by atoms with E-state index in [1.54, 1.807) is 0 Å². The highest BCUT2D eigenvalue weighted by Crippen LogP contribution is 2.26. The average molecular weight is 250 g/mol. The van der Waals surface area contributed by atoms with Crippen molar-refractivity contribution in [1.82, 2.24) is 5.32 Å². The van der Waals surface area contributed by atoms with E-state index in [0.717, 1.165) is 5.92 Å². The molecule has 0 saturated heterocycles. The van der Waals surface area contributed by atoms with Crippen LogP contribution in [0.15, 0.2) is 0 Å². The number of hydrogen-bond donors (Lipinski definition) is 1. The first kappa shape index (κ1) is 11.0. The van der Waals surface area contributed by atoms with Crippen LogP contribution in [0.3, 0.4) is 0 Å². The molecule has 0 spiro atoms. The SMILES string of the molecule is COC(=O)C(Br)CNC1CC(C)C1. The van der Waals surface area contributed by atoms with Crippen molar-refractivity contribution in [2.75, 3.05) is 13.7 Å². The summed E-state index contributed by atoms with van der Waals surface area (Å²) in [4.78, 5) is 10.8. The maximum atomic E-state index is 11.0. The van der Waals surface area contributed by atoms with Crippen LogP contribution in [0.2, 0.25) is 0 Å².